The molecule has 3 aliphatic rings. The molecule has 2 aliphatic carbocycles. The van der Waals surface area contributed by atoms with Crippen molar-refractivity contribution in [1.29, 1.82) is 0 Å². The highest BCUT2D eigenvalue weighted by Gasteiger charge is 2.79. The molecule has 1 spiro atoms. The zero-order valence-electron chi connectivity index (χ0n) is 14.1. The van der Waals surface area contributed by atoms with Crippen molar-refractivity contribution >= 4 is 12.4 Å². The van der Waals surface area contributed by atoms with Crippen LogP contribution in [0, 0.1) is 5.92 Å². The second-order valence-electron chi connectivity index (χ2n) is 7.07. The fourth-order valence-corrected chi connectivity index (χ4v) is 10.7. The predicted molar refractivity (Wildman–Crippen MR) is 91.0 cm³/mol. The van der Waals surface area contributed by atoms with E-state index in [0.717, 1.165) is 18.1 Å². The topological polar surface area (TPSA) is 44.8 Å². The van der Waals surface area contributed by atoms with E-state index in [1.54, 1.807) is 21.3 Å². The molecule has 0 aromatic heterocycles. The maximum absolute atomic E-state index is 14.0. The number of benzene rings is 1. The Bertz CT molecular complexity index is 661. The normalized spacial score (nSPS) is 37.7. The predicted octanol–water partition coefficient (Wildman–Crippen LogP) is 3.81. The smallest absolute Gasteiger partial charge is 0.203 e. The second kappa shape index (κ2) is 5.17. The Morgan fingerprint density at radius 3 is 2.30 bits per heavy atom. The molecular formula is C18H25O4P. The zero-order valence-corrected chi connectivity index (χ0v) is 15.0. The Balaban J connectivity index is 1.81. The standard InChI is InChI=1S/C18H25O4P/c1-20-14-10-13(11-15(21-2)17(14)22-3)23(19)16-8-7-12-6-4-5-9-18(12,16)23/h10-12,16H,4-9H2,1-3H3. The number of methoxy groups -OCH3 is 3. The molecule has 0 radical (unpaired) electrons. The number of rotatable bonds is 4. The summed E-state index contributed by atoms with van der Waals surface area (Å²) < 4.78 is 30.4. The maximum atomic E-state index is 14.0. The van der Waals surface area contributed by atoms with E-state index < -0.39 is 7.14 Å². The van der Waals surface area contributed by atoms with E-state index in [4.69, 9.17) is 14.2 Å². The van der Waals surface area contributed by atoms with Crippen LogP contribution in [-0.4, -0.2) is 32.1 Å². The number of hydrogen-bond donors (Lipinski definition) is 0. The zero-order chi connectivity index (χ0) is 16.2. The van der Waals surface area contributed by atoms with Crippen molar-refractivity contribution in [3.05, 3.63) is 12.1 Å². The number of ether oxygens (including phenoxy) is 3. The first-order valence-electron chi connectivity index (χ1n) is 8.54. The second-order valence-corrected chi connectivity index (χ2v) is 10.4. The first-order chi connectivity index (χ1) is 11.1. The SMILES string of the molecule is COc1cc(P2(=O)C3CCC4CCCCC432)cc(OC)c1OC. The van der Waals surface area contributed by atoms with E-state index in [2.05, 4.69) is 0 Å². The Morgan fingerprint density at radius 1 is 1.00 bits per heavy atom. The summed E-state index contributed by atoms with van der Waals surface area (Å²) in [4.78, 5) is 0. The fraction of sp³-hybridized carbons (Fsp3) is 0.667. The largest absolute Gasteiger partial charge is 0.493 e. The molecule has 3 fully saturated rings. The highest BCUT2D eigenvalue weighted by atomic mass is 31.2. The lowest BCUT2D eigenvalue weighted by Gasteiger charge is -2.30. The van der Waals surface area contributed by atoms with Gasteiger partial charge in [0.15, 0.2) is 11.5 Å². The Morgan fingerprint density at radius 2 is 1.70 bits per heavy atom. The van der Waals surface area contributed by atoms with Crippen LogP contribution in [0.3, 0.4) is 0 Å². The Hall–Kier alpha value is -1.15. The van der Waals surface area contributed by atoms with Gasteiger partial charge in [-0.1, -0.05) is 12.8 Å². The first-order valence-corrected chi connectivity index (χ1v) is 10.3. The van der Waals surface area contributed by atoms with E-state index in [1.165, 1.54) is 25.7 Å². The highest BCUT2D eigenvalue weighted by Crippen LogP contribution is 2.90. The molecule has 0 bridgehead atoms. The summed E-state index contributed by atoms with van der Waals surface area (Å²) in [6.07, 6.45) is 7.30. The molecule has 4 atom stereocenters. The molecule has 0 N–H and O–H groups in total. The van der Waals surface area contributed by atoms with Crippen LogP contribution in [0.1, 0.15) is 38.5 Å². The van der Waals surface area contributed by atoms with Gasteiger partial charge in [-0.3, -0.25) is 0 Å². The lowest BCUT2D eigenvalue weighted by Crippen LogP contribution is -2.26. The molecule has 23 heavy (non-hydrogen) atoms. The quantitative estimate of drug-likeness (QED) is 0.785. The van der Waals surface area contributed by atoms with Crippen LogP contribution in [0.15, 0.2) is 12.1 Å². The molecule has 0 amide bonds. The molecule has 1 aromatic rings. The van der Waals surface area contributed by atoms with E-state index >= 15 is 0 Å². The van der Waals surface area contributed by atoms with Crippen molar-refractivity contribution in [2.24, 2.45) is 5.92 Å². The summed E-state index contributed by atoms with van der Waals surface area (Å²) in [6.45, 7) is 0. The van der Waals surface area contributed by atoms with Gasteiger partial charge in [0.1, 0.15) is 7.14 Å². The summed E-state index contributed by atoms with van der Waals surface area (Å²) >= 11 is 0. The van der Waals surface area contributed by atoms with Crippen molar-refractivity contribution in [3.8, 4) is 17.2 Å². The minimum atomic E-state index is -2.36. The van der Waals surface area contributed by atoms with Gasteiger partial charge in [0, 0.05) is 16.1 Å². The monoisotopic (exact) mass is 336 g/mol. The molecule has 4 unspecified atom stereocenters. The fourth-order valence-electron chi connectivity index (χ4n) is 5.53. The van der Waals surface area contributed by atoms with Gasteiger partial charge in [0.25, 0.3) is 0 Å². The molecule has 4 nitrogen and oxygen atoms in total. The van der Waals surface area contributed by atoms with Crippen molar-refractivity contribution in [2.45, 2.75) is 49.3 Å². The van der Waals surface area contributed by atoms with Crippen LogP contribution in [0.4, 0.5) is 0 Å². The molecule has 1 aromatic carbocycles. The van der Waals surface area contributed by atoms with E-state index in [-0.39, 0.29) is 5.16 Å². The summed E-state index contributed by atoms with van der Waals surface area (Å²) in [6, 6.07) is 3.86. The van der Waals surface area contributed by atoms with E-state index in [9.17, 15) is 4.57 Å². The summed E-state index contributed by atoms with van der Waals surface area (Å²) in [7, 11) is 2.48. The highest BCUT2D eigenvalue weighted by molar-refractivity contribution is 7.81. The molecular weight excluding hydrogens is 311 g/mol. The minimum absolute atomic E-state index is 0.0931. The van der Waals surface area contributed by atoms with Crippen molar-refractivity contribution in [3.63, 3.8) is 0 Å². The number of hydrogen-bond acceptors (Lipinski definition) is 4. The molecule has 1 aliphatic heterocycles. The third kappa shape index (κ3) is 1.76. The van der Waals surface area contributed by atoms with Gasteiger partial charge >= 0.3 is 0 Å². The molecule has 4 rings (SSSR count). The van der Waals surface area contributed by atoms with Gasteiger partial charge in [-0.2, -0.15) is 0 Å². The Kier molecular flexibility index (Phi) is 3.46. The molecule has 1 saturated heterocycles. The van der Waals surface area contributed by atoms with Gasteiger partial charge < -0.3 is 18.8 Å². The summed E-state index contributed by atoms with van der Waals surface area (Å²) in [5.74, 6) is 2.47. The van der Waals surface area contributed by atoms with Crippen LogP contribution in [0.5, 0.6) is 17.2 Å². The van der Waals surface area contributed by atoms with Crippen LogP contribution < -0.4 is 19.5 Å². The van der Waals surface area contributed by atoms with E-state index in [1.807, 2.05) is 12.1 Å². The molecule has 1 heterocycles. The van der Waals surface area contributed by atoms with E-state index in [0.29, 0.717) is 28.8 Å². The van der Waals surface area contributed by atoms with Crippen molar-refractivity contribution in [1.82, 2.24) is 0 Å². The third-order valence-corrected chi connectivity index (χ3v) is 11.0. The van der Waals surface area contributed by atoms with Gasteiger partial charge in [0.2, 0.25) is 5.75 Å². The Labute approximate surface area is 137 Å². The maximum Gasteiger partial charge on any atom is 0.203 e. The van der Waals surface area contributed by atoms with Crippen LogP contribution in [-0.2, 0) is 4.57 Å². The van der Waals surface area contributed by atoms with Gasteiger partial charge in [-0.25, -0.2) is 0 Å². The van der Waals surface area contributed by atoms with Crippen molar-refractivity contribution < 1.29 is 18.8 Å². The lowest BCUT2D eigenvalue weighted by atomic mass is 9.82. The average molecular weight is 336 g/mol. The summed E-state index contributed by atoms with van der Waals surface area (Å²) in [5.41, 5.74) is 0.392. The average Bonchev–Trinajstić information content (AvgIpc) is 2.93. The van der Waals surface area contributed by atoms with Crippen LogP contribution in [0.25, 0.3) is 0 Å². The minimum Gasteiger partial charge on any atom is -0.493 e. The van der Waals surface area contributed by atoms with Gasteiger partial charge in [-0.05, 0) is 43.7 Å². The molecule has 5 heteroatoms. The summed E-state index contributed by atoms with van der Waals surface area (Å²) in [5, 5.41) is 1.03. The van der Waals surface area contributed by atoms with Gasteiger partial charge in [-0.15, -0.1) is 0 Å². The third-order valence-electron chi connectivity index (χ3n) is 6.48. The van der Waals surface area contributed by atoms with Crippen LogP contribution in [0.2, 0.25) is 0 Å². The molecule has 2 saturated carbocycles. The molecule has 126 valence electrons. The van der Waals surface area contributed by atoms with Crippen LogP contribution >= 0.6 is 7.14 Å². The van der Waals surface area contributed by atoms with Crippen molar-refractivity contribution in [2.75, 3.05) is 21.3 Å². The van der Waals surface area contributed by atoms with Gasteiger partial charge in [0.05, 0.1) is 21.3 Å². The lowest BCUT2D eigenvalue weighted by molar-refractivity contribution is 0.324. The first kappa shape index (κ1) is 15.4.